The molecule has 0 aromatic heterocycles. The molecule has 0 radical (unpaired) electrons. The molecule has 1 atom stereocenters. The zero-order chi connectivity index (χ0) is 12.0. The Bertz CT molecular complexity index is 329. The first kappa shape index (κ1) is 13.4. The van der Waals surface area contributed by atoms with Crippen LogP contribution < -0.4 is 5.32 Å². The number of benzene rings is 1. The molecule has 0 bridgehead atoms. The van der Waals surface area contributed by atoms with Gasteiger partial charge in [0.05, 0.1) is 0 Å². The fraction of sp³-hybridized carbons (Fsp3) is 0.500. The number of hydrogen-bond acceptors (Lipinski definition) is 1. The summed E-state index contributed by atoms with van der Waals surface area (Å²) in [5.74, 6) is -0.785. The molecule has 0 saturated carbocycles. The topological polar surface area (TPSA) is 12.0 Å². The quantitative estimate of drug-likeness (QED) is 0.600. The first-order valence-electron chi connectivity index (χ1n) is 5.38. The Hall–Kier alpha value is -0.670. The van der Waals surface area contributed by atoms with Crippen molar-refractivity contribution in [1.29, 1.82) is 0 Å². The van der Waals surface area contributed by atoms with E-state index in [1.54, 1.807) is 0 Å². The molecule has 1 N–H and O–H groups in total. The van der Waals surface area contributed by atoms with Crippen LogP contribution in [0.4, 0.5) is 8.78 Å². The van der Waals surface area contributed by atoms with Gasteiger partial charge in [0.25, 0.3) is 0 Å². The Labute approximate surface area is 99.8 Å². The van der Waals surface area contributed by atoms with Crippen LogP contribution in [-0.2, 0) is 6.54 Å². The lowest BCUT2D eigenvalue weighted by Crippen LogP contribution is -2.16. The predicted molar refractivity (Wildman–Crippen MR) is 62.6 cm³/mol. The van der Waals surface area contributed by atoms with Crippen molar-refractivity contribution in [1.82, 2.24) is 5.32 Å². The van der Waals surface area contributed by atoms with E-state index in [0.717, 1.165) is 31.5 Å². The van der Waals surface area contributed by atoms with Crippen LogP contribution in [0.2, 0.25) is 0 Å². The normalized spacial score (nSPS) is 12.8. The largest absolute Gasteiger partial charge is 0.313 e. The van der Waals surface area contributed by atoms with Crippen molar-refractivity contribution in [2.24, 2.45) is 0 Å². The summed E-state index contributed by atoms with van der Waals surface area (Å²) in [4.78, 5) is 0. The highest BCUT2D eigenvalue weighted by molar-refractivity contribution is 6.20. The fourth-order valence-electron chi connectivity index (χ4n) is 1.41. The molecule has 0 aliphatic carbocycles. The van der Waals surface area contributed by atoms with Crippen LogP contribution in [0.1, 0.15) is 25.3 Å². The summed E-state index contributed by atoms with van der Waals surface area (Å²) in [5, 5.41) is 3.22. The van der Waals surface area contributed by atoms with Crippen LogP contribution in [0.3, 0.4) is 0 Å². The van der Waals surface area contributed by atoms with Gasteiger partial charge in [-0.15, -0.1) is 11.6 Å². The van der Waals surface area contributed by atoms with Crippen molar-refractivity contribution >= 4 is 11.6 Å². The van der Waals surface area contributed by atoms with Crippen molar-refractivity contribution in [2.45, 2.75) is 31.7 Å². The fourth-order valence-corrected chi connectivity index (χ4v) is 1.56. The molecule has 0 heterocycles. The Morgan fingerprint density at radius 2 is 2.12 bits per heavy atom. The van der Waals surface area contributed by atoms with Gasteiger partial charge in [-0.2, -0.15) is 0 Å². The smallest absolute Gasteiger partial charge is 0.127 e. The van der Waals surface area contributed by atoms with Gasteiger partial charge in [0.1, 0.15) is 11.6 Å². The van der Waals surface area contributed by atoms with E-state index in [1.807, 2.05) is 6.92 Å². The Morgan fingerprint density at radius 3 is 2.81 bits per heavy atom. The summed E-state index contributed by atoms with van der Waals surface area (Å²) in [5.41, 5.74) is 0.360. The Morgan fingerprint density at radius 1 is 1.38 bits per heavy atom. The first-order chi connectivity index (χ1) is 7.59. The summed E-state index contributed by atoms with van der Waals surface area (Å²) >= 11 is 5.78. The molecule has 0 aliphatic heterocycles. The van der Waals surface area contributed by atoms with E-state index in [0.29, 0.717) is 12.1 Å². The van der Waals surface area contributed by atoms with Gasteiger partial charge >= 0.3 is 0 Å². The Kier molecular flexibility index (Phi) is 5.71. The van der Waals surface area contributed by atoms with E-state index in [2.05, 4.69) is 5.32 Å². The Balaban J connectivity index is 2.29. The average molecular weight is 248 g/mol. The van der Waals surface area contributed by atoms with Crippen LogP contribution in [0.25, 0.3) is 0 Å². The molecule has 1 rings (SSSR count). The van der Waals surface area contributed by atoms with Crippen molar-refractivity contribution < 1.29 is 8.78 Å². The molecule has 1 unspecified atom stereocenters. The van der Waals surface area contributed by atoms with Crippen LogP contribution >= 0.6 is 11.6 Å². The van der Waals surface area contributed by atoms with Crippen LogP contribution in [0.15, 0.2) is 18.2 Å². The maximum atomic E-state index is 13.2. The summed E-state index contributed by atoms with van der Waals surface area (Å²) in [7, 11) is 0. The van der Waals surface area contributed by atoms with Gasteiger partial charge < -0.3 is 5.32 Å². The van der Waals surface area contributed by atoms with Crippen molar-refractivity contribution in [2.75, 3.05) is 6.54 Å². The predicted octanol–water partition coefficient (Wildman–Crippen LogP) is 3.46. The second-order valence-corrected chi connectivity index (χ2v) is 4.58. The molecule has 4 heteroatoms. The molecule has 1 aromatic rings. The third kappa shape index (κ3) is 4.90. The lowest BCUT2D eigenvalue weighted by molar-refractivity contribution is 0.560. The van der Waals surface area contributed by atoms with E-state index < -0.39 is 5.82 Å². The minimum Gasteiger partial charge on any atom is -0.313 e. The standard InChI is InChI=1S/C12H16ClF2N/c1-9(13)3-2-6-16-8-10-7-11(14)4-5-12(10)15/h4-5,7,9,16H,2-3,6,8H2,1H3. The molecular formula is C12H16ClF2N. The lowest BCUT2D eigenvalue weighted by atomic mass is 10.2. The maximum absolute atomic E-state index is 13.2. The second-order valence-electron chi connectivity index (χ2n) is 3.84. The molecule has 16 heavy (non-hydrogen) atoms. The molecule has 1 aromatic carbocycles. The monoisotopic (exact) mass is 247 g/mol. The number of nitrogens with one attached hydrogen (secondary N) is 1. The summed E-state index contributed by atoms with van der Waals surface area (Å²) in [6.45, 7) is 3.04. The molecule has 0 spiro atoms. The van der Waals surface area contributed by atoms with Crippen molar-refractivity contribution in [3.8, 4) is 0 Å². The molecular weight excluding hydrogens is 232 g/mol. The first-order valence-corrected chi connectivity index (χ1v) is 5.82. The van der Waals surface area contributed by atoms with E-state index >= 15 is 0 Å². The maximum Gasteiger partial charge on any atom is 0.127 e. The molecule has 90 valence electrons. The zero-order valence-corrected chi connectivity index (χ0v) is 10.0. The van der Waals surface area contributed by atoms with Crippen LogP contribution in [0.5, 0.6) is 0 Å². The van der Waals surface area contributed by atoms with Gasteiger partial charge in [-0.05, 0) is 44.5 Å². The molecule has 0 fully saturated rings. The lowest BCUT2D eigenvalue weighted by Gasteiger charge is -2.06. The highest BCUT2D eigenvalue weighted by atomic mass is 35.5. The van der Waals surface area contributed by atoms with Crippen molar-refractivity contribution in [3.05, 3.63) is 35.4 Å². The van der Waals surface area contributed by atoms with Gasteiger partial charge in [-0.1, -0.05) is 0 Å². The van der Waals surface area contributed by atoms with Gasteiger partial charge in [0, 0.05) is 17.5 Å². The van der Waals surface area contributed by atoms with E-state index in [-0.39, 0.29) is 11.2 Å². The molecule has 0 amide bonds. The van der Waals surface area contributed by atoms with Gasteiger partial charge in [0.2, 0.25) is 0 Å². The molecule has 0 aliphatic rings. The van der Waals surface area contributed by atoms with Crippen LogP contribution in [0, 0.1) is 11.6 Å². The molecule has 1 nitrogen and oxygen atoms in total. The van der Waals surface area contributed by atoms with E-state index in [4.69, 9.17) is 11.6 Å². The third-order valence-electron chi connectivity index (χ3n) is 2.28. The number of hydrogen-bond donors (Lipinski definition) is 1. The van der Waals surface area contributed by atoms with Gasteiger partial charge in [0.15, 0.2) is 0 Å². The average Bonchev–Trinajstić information content (AvgIpc) is 2.22. The highest BCUT2D eigenvalue weighted by Gasteiger charge is 2.03. The van der Waals surface area contributed by atoms with Gasteiger partial charge in [-0.25, -0.2) is 8.78 Å². The number of rotatable bonds is 6. The summed E-state index contributed by atoms with van der Waals surface area (Å²) in [6.07, 6.45) is 1.85. The van der Waals surface area contributed by atoms with Crippen LogP contribution in [-0.4, -0.2) is 11.9 Å². The third-order valence-corrected chi connectivity index (χ3v) is 2.50. The van der Waals surface area contributed by atoms with E-state index in [9.17, 15) is 8.78 Å². The zero-order valence-electron chi connectivity index (χ0n) is 9.27. The SMILES string of the molecule is CC(Cl)CCCNCc1cc(F)ccc1F. The summed E-state index contributed by atoms with van der Waals surface area (Å²) in [6, 6.07) is 3.48. The highest BCUT2D eigenvalue weighted by Crippen LogP contribution is 2.09. The van der Waals surface area contributed by atoms with Crippen molar-refractivity contribution in [3.63, 3.8) is 0 Å². The molecule has 0 saturated heterocycles. The second kappa shape index (κ2) is 6.81. The minimum absolute atomic E-state index is 0.160. The summed E-state index contributed by atoms with van der Waals surface area (Å²) < 4.78 is 26.0. The van der Waals surface area contributed by atoms with Gasteiger partial charge in [-0.3, -0.25) is 0 Å². The number of alkyl halides is 1. The number of halogens is 3. The minimum atomic E-state index is -0.410. The van der Waals surface area contributed by atoms with E-state index in [1.165, 1.54) is 6.07 Å².